The lowest BCUT2D eigenvalue weighted by Gasteiger charge is -1.81. The van der Waals surface area contributed by atoms with Crippen LogP contribution in [-0.4, -0.2) is 14.5 Å². The molecule has 0 aliphatic heterocycles. The molecule has 0 N–H and O–H groups in total. The fourth-order valence-electron chi connectivity index (χ4n) is 0.0597. The molecule has 0 aromatic carbocycles. The Balaban J connectivity index is 3.94. The zero-order valence-corrected chi connectivity index (χ0v) is 4.94. The number of rotatable bonds is 2. The molecule has 0 saturated heterocycles. The highest BCUT2D eigenvalue weighted by Gasteiger charge is 2.01. The highest BCUT2D eigenvalue weighted by atomic mass is 35.7. The average Bonchev–Trinajstić information content (AvgIpc) is 1.59. The zero-order valence-electron chi connectivity index (χ0n) is 3.37. The molecule has 0 aliphatic carbocycles. The van der Waals surface area contributed by atoms with Crippen molar-refractivity contribution in [2.75, 3.05) is 0 Å². The number of hydrogen-bond donors (Lipinski definition) is 0. The van der Waals surface area contributed by atoms with Gasteiger partial charge in [0.25, 0.3) is 6.08 Å². The second-order valence-corrected chi connectivity index (χ2v) is 2.72. The van der Waals surface area contributed by atoms with Gasteiger partial charge < -0.3 is 0 Å². The lowest BCUT2D eigenvalue weighted by atomic mass is 11.7. The smallest absolute Gasteiger partial charge is 0.244 e. The summed E-state index contributed by atoms with van der Waals surface area (Å²) in [5, 5.41) is 2.22. The van der Waals surface area contributed by atoms with Gasteiger partial charge in [-0.3, -0.25) is 0 Å². The normalized spacial score (nSPS) is 9.62. The zero-order chi connectivity index (χ0) is 6.62. The number of carbonyl (C=O) groups excluding carboxylic acids is 1. The molecule has 0 fully saturated rings. The van der Waals surface area contributed by atoms with Gasteiger partial charge >= 0.3 is 9.33 Å². The molecule has 0 rings (SSSR count). The third kappa shape index (κ3) is 5.42. The lowest BCUT2D eigenvalue weighted by Crippen LogP contribution is -1.87. The Hall–Kier alpha value is -0.580. The first-order chi connectivity index (χ1) is 3.56. The molecule has 0 aliphatic rings. The minimum atomic E-state index is -4.14. The summed E-state index contributed by atoms with van der Waals surface area (Å²) >= 11 is 0. The first-order valence-corrected chi connectivity index (χ1v) is 3.50. The van der Waals surface area contributed by atoms with Crippen LogP contribution in [0.15, 0.2) is 5.16 Å². The summed E-state index contributed by atoms with van der Waals surface area (Å²) in [6.45, 7) is 0. The Morgan fingerprint density at radius 3 is 2.25 bits per heavy atom. The molecule has 0 atom stereocenters. The Labute approximate surface area is 49.5 Å². The van der Waals surface area contributed by atoms with E-state index in [0.717, 1.165) is 6.08 Å². The number of halogens is 1. The number of hydrogen-bond acceptors (Lipinski definition) is 5. The van der Waals surface area contributed by atoms with E-state index in [1.807, 2.05) is 0 Å². The SMILES string of the molecule is O=C=NOS(=O)(=O)Cl. The van der Waals surface area contributed by atoms with E-state index in [4.69, 9.17) is 4.79 Å². The minimum absolute atomic E-state index is 0.813. The predicted molar refractivity (Wildman–Crippen MR) is 24.0 cm³/mol. The van der Waals surface area contributed by atoms with Crippen LogP contribution in [-0.2, 0) is 18.4 Å². The van der Waals surface area contributed by atoms with Crippen molar-refractivity contribution in [2.24, 2.45) is 5.16 Å². The maximum absolute atomic E-state index is 9.66. The standard InChI is InChI=1S/CClNO4S/c2-8(5,6)7-3-1-4. The van der Waals surface area contributed by atoms with E-state index >= 15 is 0 Å². The van der Waals surface area contributed by atoms with Gasteiger partial charge in [-0.25, -0.2) is 9.08 Å². The fourth-order valence-corrected chi connectivity index (χ4v) is 0.264. The van der Waals surface area contributed by atoms with Crippen LogP contribution < -0.4 is 0 Å². The van der Waals surface area contributed by atoms with Gasteiger partial charge in [-0.1, -0.05) is 0 Å². The van der Waals surface area contributed by atoms with E-state index < -0.39 is 9.33 Å². The molecule has 0 saturated carbocycles. The van der Waals surface area contributed by atoms with Crippen molar-refractivity contribution < 1.29 is 17.5 Å². The van der Waals surface area contributed by atoms with Crippen LogP contribution in [0.2, 0.25) is 0 Å². The van der Waals surface area contributed by atoms with E-state index in [1.165, 1.54) is 0 Å². The minimum Gasteiger partial charge on any atom is -0.244 e. The summed E-state index contributed by atoms with van der Waals surface area (Å²) in [4.78, 5) is 9.11. The topological polar surface area (TPSA) is 72.8 Å². The lowest BCUT2D eigenvalue weighted by molar-refractivity contribution is 0.346. The van der Waals surface area contributed by atoms with E-state index in [9.17, 15) is 8.42 Å². The quantitative estimate of drug-likeness (QED) is 0.240. The Morgan fingerprint density at radius 1 is 1.62 bits per heavy atom. The summed E-state index contributed by atoms with van der Waals surface area (Å²) in [5.41, 5.74) is 0. The largest absolute Gasteiger partial charge is 0.421 e. The predicted octanol–water partition coefficient (Wildman–Crippen LogP) is -0.263. The van der Waals surface area contributed by atoms with Gasteiger partial charge in [0.2, 0.25) is 0 Å². The molecular formula is CClNO4S. The summed E-state index contributed by atoms with van der Waals surface area (Å²) in [6, 6.07) is 0. The van der Waals surface area contributed by atoms with Crippen LogP contribution in [0.5, 0.6) is 0 Å². The van der Waals surface area contributed by atoms with Gasteiger partial charge in [0.05, 0.1) is 10.7 Å². The summed E-state index contributed by atoms with van der Waals surface area (Å²) < 4.78 is 22.6. The van der Waals surface area contributed by atoms with Gasteiger partial charge in [-0.15, -0.1) is 0 Å². The van der Waals surface area contributed by atoms with Crippen molar-refractivity contribution in [2.45, 2.75) is 0 Å². The number of nitrogens with zero attached hydrogens (tertiary/aromatic N) is 1. The second-order valence-electron chi connectivity index (χ2n) is 0.650. The van der Waals surface area contributed by atoms with Crippen molar-refractivity contribution in [1.82, 2.24) is 0 Å². The highest BCUT2D eigenvalue weighted by molar-refractivity contribution is 8.09. The van der Waals surface area contributed by atoms with Crippen LogP contribution in [0.25, 0.3) is 0 Å². The van der Waals surface area contributed by atoms with Crippen molar-refractivity contribution >= 4 is 26.1 Å². The second kappa shape index (κ2) is 2.66. The van der Waals surface area contributed by atoms with Crippen LogP contribution >= 0.6 is 10.7 Å². The molecule has 0 amide bonds. The van der Waals surface area contributed by atoms with E-state index in [0.29, 0.717) is 0 Å². The molecule has 0 unspecified atom stereocenters. The Morgan fingerprint density at radius 2 is 2.12 bits per heavy atom. The molecule has 0 aromatic heterocycles. The monoisotopic (exact) mass is 157 g/mol. The van der Waals surface area contributed by atoms with Gasteiger partial charge in [0, 0.05) is 5.16 Å². The molecule has 0 aromatic rings. The molecule has 0 radical (unpaired) electrons. The van der Waals surface area contributed by atoms with Crippen molar-refractivity contribution in [3.8, 4) is 0 Å². The third-order valence-electron chi connectivity index (χ3n) is 0.164. The Bertz CT molecular complexity index is 200. The van der Waals surface area contributed by atoms with Gasteiger partial charge in [-0.05, 0) is 0 Å². The third-order valence-corrected chi connectivity index (χ3v) is 0.585. The van der Waals surface area contributed by atoms with E-state index in [2.05, 4.69) is 20.1 Å². The summed E-state index contributed by atoms with van der Waals surface area (Å²) in [6.07, 6.45) is 0.813. The molecule has 0 heterocycles. The van der Waals surface area contributed by atoms with Gasteiger partial charge in [-0.2, -0.15) is 8.42 Å². The van der Waals surface area contributed by atoms with Crippen LogP contribution in [0.4, 0.5) is 0 Å². The first kappa shape index (κ1) is 7.42. The molecule has 0 bridgehead atoms. The molecule has 0 spiro atoms. The molecular weight excluding hydrogens is 158 g/mol. The van der Waals surface area contributed by atoms with Crippen LogP contribution in [0, 0.1) is 0 Å². The van der Waals surface area contributed by atoms with Crippen LogP contribution in [0.1, 0.15) is 0 Å². The number of isocyanates is 1. The van der Waals surface area contributed by atoms with Gasteiger partial charge in [0.15, 0.2) is 0 Å². The molecule has 8 heavy (non-hydrogen) atoms. The maximum atomic E-state index is 9.66. The van der Waals surface area contributed by atoms with Gasteiger partial charge in [0.1, 0.15) is 0 Å². The van der Waals surface area contributed by atoms with Crippen molar-refractivity contribution in [3.05, 3.63) is 0 Å². The van der Waals surface area contributed by atoms with E-state index in [1.54, 1.807) is 0 Å². The highest BCUT2D eigenvalue weighted by Crippen LogP contribution is 1.96. The summed E-state index contributed by atoms with van der Waals surface area (Å²) in [5.74, 6) is 0. The molecule has 7 heteroatoms. The maximum Gasteiger partial charge on any atom is 0.421 e. The average molecular weight is 158 g/mol. The van der Waals surface area contributed by atoms with Crippen molar-refractivity contribution in [3.63, 3.8) is 0 Å². The van der Waals surface area contributed by atoms with Crippen LogP contribution in [0.3, 0.4) is 0 Å². The van der Waals surface area contributed by atoms with Crippen molar-refractivity contribution in [1.29, 1.82) is 0 Å². The first-order valence-electron chi connectivity index (χ1n) is 1.26. The Kier molecular flexibility index (Phi) is 2.47. The van der Waals surface area contributed by atoms with E-state index in [-0.39, 0.29) is 0 Å². The molecule has 46 valence electrons. The fraction of sp³-hybridized carbons (Fsp3) is 0. The molecule has 5 nitrogen and oxygen atoms in total. The summed E-state index contributed by atoms with van der Waals surface area (Å²) in [7, 11) is 0.246.